The van der Waals surface area contributed by atoms with Gasteiger partial charge in [-0.25, -0.2) is 4.98 Å². The summed E-state index contributed by atoms with van der Waals surface area (Å²) < 4.78 is 0. The van der Waals surface area contributed by atoms with Gasteiger partial charge in [0.1, 0.15) is 5.82 Å². The molecule has 0 aromatic carbocycles. The highest BCUT2D eigenvalue weighted by Gasteiger charge is 2.50. The van der Waals surface area contributed by atoms with Crippen LogP contribution >= 0.6 is 0 Å². The van der Waals surface area contributed by atoms with Crippen molar-refractivity contribution in [2.75, 3.05) is 4.90 Å². The van der Waals surface area contributed by atoms with E-state index in [1.165, 1.54) is 0 Å². The van der Waals surface area contributed by atoms with E-state index in [4.69, 9.17) is 0 Å². The molecular formula is C16H15N3O. The maximum Gasteiger partial charge on any atom is 0.233 e. The Morgan fingerprint density at radius 3 is 2.75 bits per heavy atom. The normalized spacial score (nSPS) is 24.4. The largest absolute Gasteiger partial charge is 0.293 e. The van der Waals surface area contributed by atoms with Crippen molar-refractivity contribution in [3.05, 3.63) is 42.9 Å². The Labute approximate surface area is 117 Å². The number of rotatable bonds is 2. The van der Waals surface area contributed by atoms with Gasteiger partial charge in [-0.15, -0.1) is 0 Å². The van der Waals surface area contributed by atoms with Crippen LogP contribution in [-0.4, -0.2) is 21.9 Å². The molecular weight excluding hydrogens is 250 g/mol. The molecule has 2 atom stereocenters. The van der Waals surface area contributed by atoms with Crippen LogP contribution in [-0.2, 0) is 4.79 Å². The zero-order valence-corrected chi connectivity index (χ0v) is 11.1. The third-order valence-electron chi connectivity index (χ3n) is 4.36. The van der Waals surface area contributed by atoms with Crippen molar-refractivity contribution in [2.24, 2.45) is 5.92 Å². The average Bonchev–Trinajstić information content (AvgIpc) is 2.93. The van der Waals surface area contributed by atoms with E-state index in [-0.39, 0.29) is 11.8 Å². The van der Waals surface area contributed by atoms with Crippen LogP contribution < -0.4 is 4.90 Å². The molecule has 0 N–H and O–H groups in total. The van der Waals surface area contributed by atoms with E-state index >= 15 is 0 Å². The second kappa shape index (κ2) is 4.40. The first-order valence-electron chi connectivity index (χ1n) is 7.04. The minimum absolute atomic E-state index is 0.245. The van der Waals surface area contributed by atoms with Crippen LogP contribution in [0.2, 0.25) is 0 Å². The van der Waals surface area contributed by atoms with Crippen molar-refractivity contribution in [1.82, 2.24) is 9.97 Å². The van der Waals surface area contributed by atoms with E-state index in [1.807, 2.05) is 41.6 Å². The lowest BCUT2D eigenvalue weighted by Gasteiger charge is -2.42. The molecule has 0 bridgehead atoms. The fraction of sp³-hybridized carbons (Fsp3) is 0.312. The first kappa shape index (κ1) is 11.6. The number of pyridine rings is 2. The fourth-order valence-corrected chi connectivity index (χ4v) is 3.31. The van der Waals surface area contributed by atoms with Gasteiger partial charge >= 0.3 is 0 Å². The zero-order chi connectivity index (χ0) is 13.5. The summed E-state index contributed by atoms with van der Waals surface area (Å²) in [5.41, 5.74) is 2.07. The monoisotopic (exact) mass is 265 g/mol. The molecule has 4 nitrogen and oxygen atoms in total. The molecule has 1 aliphatic carbocycles. The van der Waals surface area contributed by atoms with Gasteiger partial charge in [0.05, 0.1) is 5.92 Å². The van der Waals surface area contributed by atoms with Gasteiger partial charge in [0.2, 0.25) is 5.91 Å². The number of β-lactam (4-membered cyclic amide) rings is 1. The van der Waals surface area contributed by atoms with E-state index < -0.39 is 0 Å². The molecule has 1 saturated carbocycles. The first-order valence-corrected chi connectivity index (χ1v) is 7.04. The molecule has 4 rings (SSSR count). The molecule has 2 aromatic heterocycles. The van der Waals surface area contributed by atoms with Crippen molar-refractivity contribution in [2.45, 2.75) is 25.3 Å². The van der Waals surface area contributed by atoms with Crippen LogP contribution in [0.25, 0.3) is 11.1 Å². The van der Waals surface area contributed by atoms with Crippen LogP contribution in [0, 0.1) is 5.92 Å². The SMILES string of the molecule is O=C1[C@H]2CCC[C@H]2N1c1ccc(-c2cccnc2)cn1. The molecule has 2 fully saturated rings. The summed E-state index contributed by atoms with van der Waals surface area (Å²) in [5, 5.41) is 0. The third-order valence-corrected chi connectivity index (χ3v) is 4.36. The maximum atomic E-state index is 12.1. The molecule has 1 aliphatic heterocycles. The summed E-state index contributed by atoms with van der Waals surface area (Å²) in [7, 11) is 0. The summed E-state index contributed by atoms with van der Waals surface area (Å²) in [6.45, 7) is 0. The van der Waals surface area contributed by atoms with Crippen molar-refractivity contribution < 1.29 is 4.79 Å². The number of anilines is 1. The van der Waals surface area contributed by atoms with Crippen molar-refractivity contribution in [3.63, 3.8) is 0 Å². The highest BCUT2D eigenvalue weighted by molar-refractivity contribution is 6.02. The van der Waals surface area contributed by atoms with Gasteiger partial charge < -0.3 is 0 Å². The van der Waals surface area contributed by atoms with Crippen LogP contribution in [0.3, 0.4) is 0 Å². The Morgan fingerprint density at radius 2 is 2.00 bits per heavy atom. The minimum atomic E-state index is 0.245. The number of hydrogen-bond donors (Lipinski definition) is 0. The van der Waals surface area contributed by atoms with Gasteiger partial charge in [-0.2, -0.15) is 0 Å². The number of nitrogens with zero attached hydrogens (tertiary/aromatic N) is 3. The van der Waals surface area contributed by atoms with Crippen molar-refractivity contribution in [1.29, 1.82) is 0 Å². The molecule has 3 heterocycles. The fourth-order valence-electron chi connectivity index (χ4n) is 3.31. The molecule has 0 spiro atoms. The Bertz CT molecular complexity index is 639. The summed E-state index contributed by atoms with van der Waals surface area (Å²) in [6.07, 6.45) is 8.71. The molecule has 2 aliphatic rings. The number of carbonyl (C=O) groups excluding carboxylic acids is 1. The van der Waals surface area contributed by atoms with E-state index in [0.29, 0.717) is 6.04 Å². The first-order chi connectivity index (χ1) is 9.84. The third kappa shape index (κ3) is 1.64. The molecule has 1 saturated heterocycles. The Morgan fingerprint density at radius 1 is 1.10 bits per heavy atom. The molecule has 20 heavy (non-hydrogen) atoms. The van der Waals surface area contributed by atoms with Gasteiger partial charge in [0.15, 0.2) is 0 Å². The van der Waals surface area contributed by atoms with Gasteiger partial charge in [-0.3, -0.25) is 14.7 Å². The van der Waals surface area contributed by atoms with Gasteiger partial charge in [0, 0.05) is 35.8 Å². The van der Waals surface area contributed by atoms with Crippen molar-refractivity contribution >= 4 is 11.7 Å². The van der Waals surface area contributed by atoms with Crippen LogP contribution in [0.1, 0.15) is 19.3 Å². The molecule has 4 heteroatoms. The number of aromatic nitrogens is 2. The quantitative estimate of drug-likeness (QED) is 0.784. The minimum Gasteiger partial charge on any atom is -0.293 e. The summed E-state index contributed by atoms with van der Waals surface area (Å²) >= 11 is 0. The molecule has 1 amide bonds. The summed E-state index contributed by atoms with van der Waals surface area (Å²) in [6, 6.07) is 8.25. The molecule has 2 aromatic rings. The van der Waals surface area contributed by atoms with Crippen LogP contribution in [0.5, 0.6) is 0 Å². The van der Waals surface area contributed by atoms with Gasteiger partial charge in [0.25, 0.3) is 0 Å². The van der Waals surface area contributed by atoms with Gasteiger partial charge in [-0.05, 0) is 31.0 Å². The lowest BCUT2D eigenvalue weighted by Crippen LogP contribution is -2.58. The summed E-state index contributed by atoms with van der Waals surface area (Å²) in [5.74, 6) is 1.29. The Kier molecular flexibility index (Phi) is 2.55. The van der Waals surface area contributed by atoms with E-state index in [1.54, 1.807) is 6.20 Å². The topological polar surface area (TPSA) is 46.1 Å². The molecule has 0 radical (unpaired) electrons. The Hall–Kier alpha value is -2.23. The number of carbonyl (C=O) groups is 1. The highest BCUT2D eigenvalue weighted by Crippen LogP contribution is 2.42. The van der Waals surface area contributed by atoms with Crippen LogP contribution in [0.15, 0.2) is 42.9 Å². The zero-order valence-electron chi connectivity index (χ0n) is 11.1. The van der Waals surface area contributed by atoms with Crippen molar-refractivity contribution in [3.8, 4) is 11.1 Å². The standard InChI is InChI=1S/C16H15N3O/c20-16-13-4-1-5-14(13)19(16)15-7-6-12(10-18-15)11-3-2-8-17-9-11/h2-3,6-10,13-14H,1,4-5H2/t13-,14+/m0/s1. The lowest BCUT2D eigenvalue weighted by atomic mass is 9.90. The summed E-state index contributed by atoms with van der Waals surface area (Å²) in [4.78, 5) is 22.5. The number of amides is 1. The van der Waals surface area contributed by atoms with E-state index in [0.717, 1.165) is 36.2 Å². The van der Waals surface area contributed by atoms with E-state index in [2.05, 4.69) is 9.97 Å². The van der Waals surface area contributed by atoms with E-state index in [9.17, 15) is 4.79 Å². The smallest absolute Gasteiger partial charge is 0.233 e. The number of fused-ring (bicyclic) bond motifs is 1. The second-order valence-corrected chi connectivity index (χ2v) is 5.46. The maximum absolute atomic E-state index is 12.1. The molecule has 100 valence electrons. The highest BCUT2D eigenvalue weighted by atomic mass is 16.2. The predicted octanol–water partition coefficient (Wildman–Crippen LogP) is 2.66. The molecule has 0 unspecified atom stereocenters. The average molecular weight is 265 g/mol. The number of hydrogen-bond acceptors (Lipinski definition) is 3. The lowest BCUT2D eigenvalue weighted by molar-refractivity contribution is -0.129. The predicted molar refractivity (Wildman–Crippen MR) is 76.1 cm³/mol. The van der Waals surface area contributed by atoms with Gasteiger partial charge in [-0.1, -0.05) is 12.5 Å². The Balaban J connectivity index is 1.61. The van der Waals surface area contributed by atoms with Crippen LogP contribution in [0.4, 0.5) is 5.82 Å². The second-order valence-electron chi connectivity index (χ2n) is 5.46.